The average molecular weight is 194 g/mol. The molecule has 0 spiro atoms. The van der Waals surface area contributed by atoms with Crippen LogP contribution in [0.25, 0.3) is 0 Å². The molecule has 0 bridgehead atoms. The minimum absolute atomic E-state index is 0.745. The zero-order valence-electron chi connectivity index (χ0n) is 9.50. The van der Waals surface area contributed by atoms with Crippen LogP contribution >= 0.6 is 0 Å². The third kappa shape index (κ3) is 3.69. The number of hydrogen-bond donors (Lipinski definition) is 0. The van der Waals surface area contributed by atoms with Gasteiger partial charge in [0, 0.05) is 19.0 Å². The molecule has 0 amide bonds. The molecule has 2 heteroatoms. The molecule has 1 aliphatic heterocycles. The third-order valence-electron chi connectivity index (χ3n) is 3.01. The van der Waals surface area contributed by atoms with Crippen molar-refractivity contribution >= 4 is 0 Å². The summed E-state index contributed by atoms with van der Waals surface area (Å²) < 4.78 is 0. The molecule has 1 rings (SSSR count). The van der Waals surface area contributed by atoms with Crippen molar-refractivity contribution in [3.8, 4) is 12.3 Å². The lowest BCUT2D eigenvalue weighted by Crippen LogP contribution is -2.45. The smallest absolute Gasteiger partial charge is 0.0217 e. The third-order valence-corrected chi connectivity index (χ3v) is 3.01. The van der Waals surface area contributed by atoms with Crippen LogP contribution in [0.5, 0.6) is 0 Å². The van der Waals surface area contributed by atoms with Crippen LogP contribution in [0, 0.1) is 12.3 Å². The Morgan fingerprint density at radius 2 is 2.29 bits per heavy atom. The Kier molecular flexibility index (Phi) is 5.00. The molecular weight excluding hydrogens is 172 g/mol. The summed E-state index contributed by atoms with van der Waals surface area (Å²) >= 11 is 0. The summed E-state index contributed by atoms with van der Waals surface area (Å²) in [7, 11) is 4.35. The second kappa shape index (κ2) is 6.06. The first-order chi connectivity index (χ1) is 6.74. The van der Waals surface area contributed by atoms with Gasteiger partial charge in [-0.25, -0.2) is 0 Å². The molecule has 80 valence electrons. The van der Waals surface area contributed by atoms with Crippen molar-refractivity contribution in [2.24, 2.45) is 0 Å². The average Bonchev–Trinajstić information content (AvgIpc) is 2.19. The highest BCUT2D eigenvalue weighted by atomic mass is 15.2. The van der Waals surface area contributed by atoms with Crippen molar-refractivity contribution in [2.45, 2.75) is 31.7 Å². The molecular formula is C12H22N2. The molecule has 0 N–H and O–H groups in total. The van der Waals surface area contributed by atoms with Crippen molar-refractivity contribution in [1.29, 1.82) is 0 Å². The number of nitrogens with zero attached hydrogens (tertiary/aromatic N) is 2. The summed E-state index contributed by atoms with van der Waals surface area (Å²) in [4.78, 5) is 4.89. The van der Waals surface area contributed by atoms with Gasteiger partial charge in [-0.3, -0.25) is 0 Å². The van der Waals surface area contributed by atoms with Gasteiger partial charge in [-0.2, -0.15) is 0 Å². The molecule has 0 saturated carbocycles. The Labute approximate surface area is 88.3 Å². The fraction of sp³-hybridized carbons (Fsp3) is 0.833. The second-order valence-corrected chi connectivity index (χ2v) is 4.37. The van der Waals surface area contributed by atoms with Crippen LogP contribution in [-0.2, 0) is 0 Å². The Morgan fingerprint density at radius 1 is 1.50 bits per heavy atom. The lowest BCUT2D eigenvalue weighted by atomic mass is 10.0. The van der Waals surface area contributed by atoms with Gasteiger partial charge in [-0.05, 0) is 46.4 Å². The summed E-state index contributed by atoms with van der Waals surface area (Å²) in [6.07, 6.45) is 9.99. The van der Waals surface area contributed by atoms with Crippen LogP contribution in [0.2, 0.25) is 0 Å². The van der Waals surface area contributed by atoms with E-state index in [-0.39, 0.29) is 0 Å². The molecule has 1 saturated heterocycles. The lowest BCUT2D eigenvalue weighted by Gasteiger charge is -2.36. The maximum atomic E-state index is 5.24. The lowest BCUT2D eigenvalue weighted by molar-refractivity contribution is 0.132. The van der Waals surface area contributed by atoms with Crippen molar-refractivity contribution in [3.63, 3.8) is 0 Å². The van der Waals surface area contributed by atoms with E-state index in [4.69, 9.17) is 6.42 Å². The first kappa shape index (κ1) is 11.6. The predicted molar refractivity (Wildman–Crippen MR) is 61.2 cm³/mol. The second-order valence-electron chi connectivity index (χ2n) is 4.37. The number of unbranched alkanes of at least 4 members (excludes halogenated alkanes) is 1. The van der Waals surface area contributed by atoms with Crippen LogP contribution in [-0.4, -0.2) is 49.6 Å². The molecule has 0 radical (unpaired) electrons. The molecule has 1 atom stereocenters. The summed E-state index contributed by atoms with van der Waals surface area (Å²) in [5.74, 6) is 2.70. The maximum Gasteiger partial charge on any atom is 0.0217 e. The molecule has 14 heavy (non-hydrogen) atoms. The fourth-order valence-corrected chi connectivity index (χ4v) is 2.06. The summed E-state index contributed by atoms with van der Waals surface area (Å²) in [5, 5.41) is 0. The quantitative estimate of drug-likeness (QED) is 0.493. The Bertz CT molecular complexity index is 193. The van der Waals surface area contributed by atoms with Crippen LogP contribution in [0.1, 0.15) is 25.7 Å². The number of likely N-dealkylation sites (tertiary alicyclic amines) is 1. The standard InChI is InChI=1S/C12H22N2/c1-4-5-6-9-14-10-7-8-12(11-14)13(2)3/h1,12H,5-11H2,2-3H3. The van der Waals surface area contributed by atoms with Gasteiger partial charge in [0.25, 0.3) is 0 Å². The van der Waals surface area contributed by atoms with Gasteiger partial charge in [0.05, 0.1) is 0 Å². The fourth-order valence-electron chi connectivity index (χ4n) is 2.06. The first-order valence-electron chi connectivity index (χ1n) is 5.56. The van der Waals surface area contributed by atoms with E-state index in [0.29, 0.717) is 0 Å². The van der Waals surface area contributed by atoms with E-state index >= 15 is 0 Å². The Hall–Kier alpha value is -0.520. The molecule has 2 nitrogen and oxygen atoms in total. The van der Waals surface area contributed by atoms with Gasteiger partial charge in [0.1, 0.15) is 0 Å². The molecule has 0 aromatic carbocycles. The van der Waals surface area contributed by atoms with Crippen molar-refractivity contribution in [2.75, 3.05) is 33.7 Å². The summed E-state index contributed by atoms with van der Waals surface area (Å²) in [6, 6.07) is 0.745. The van der Waals surface area contributed by atoms with E-state index in [1.54, 1.807) is 0 Å². The van der Waals surface area contributed by atoms with Gasteiger partial charge in [0.2, 0.25) is 0 Å². The van der Waals surface area contributed by atoms with E-state index < -0.39 is 0 Å². The number of likely N-dealkylation sites (N-methyl/N-ethyl adjacent to an activating group) is 1. The molecule has 0 aromatic heterocycles. The number of terminal acetylenes is 1. The van der Waals surface area contributed by atoms with Gasteiger partial charge >= 0.3 is 0 Å². The predicted octanol–water partition coefficient (Wildman–Crippen LogP) is 1.43. The normalized spacial score (nSPS) is 23.7. The SMILES string of the molecule is C#CCCCN1CCCC(N(C)C)C1. The van der Waals surface area contributed by atoms with E-state index in [1.165, 1.54) is 32.5 Å². The topological polar surface area (TPSA) is 6.48 Å². The highest BCUT2D eigenvalue weighted by Crippen LogP contribution is 2.13. The molecule has 1 aliphatic rings. The minimum atomic E-state index is 0.745. The summed E-state index contributed by atoms with van der Waals surface area (Å²) in [5.41, 5.74) is 0. The summed E-state index contributed by atoms with van der Waals surface area (Å²) in [6.45, 7) is 3.65. The Morgan fingerprint density at radius 3 is 2.93 bits per heavy atom. The number of hydrogen-bond acceptors (Lipinski definition) is 2. The van der Waals surface area contributed by atoms with Crippen molar-refractivity contribution in [3.05, 3.63) is 0 Å². The highest BCUT2D eigenvalue weighted by molar-refractivity contribution is 4.84. The number of rotatable bonds is 4. The zero-order chi connectivity index (χ0) is 10.4. The molecule has 1 unspecified atom stereocenters. The van der Waals surface area contributed by atoms with Crippen LogP contribution in [0.3, 0.4) is 0 Å². The van der Waals surface area contributed by atoms with E-state index in [0.717, 1.165) is 18.9 Å². The Balaban J connectivity index is 2.23. The van der Waals surface area contributed by atoms with Gasteiger partial charge < -0.3 is 9.80 Å². The van der Waals surface area contributed by atoms with E-state index in [9.17, 15) is 0 Å². The monoisotopic (exact) mass is 194 g/mol. The van der Waals surface area contributed by atoms with E-state index in [1.807, 2.05) is 0 Å². The van der Waals surface area contributed by atoms with E-state index in [2.05, 4.69) is 29.8 Å². The van der Waals surface area contributed by atoms with Crippen LogP contribution in [0.15, 0.2) is 0 Å². The molecule has 0 aromatic rings. The maximum absolute atomic E-state index is 5.24. The van der Waals surface area contributed by atoms with Crippen molar-refractivity contribution < 1.29 is 0 Å². The van der Waals surface area contributed by atoms with Crippen LogP contribution < -0.4 is 0 Å². The number of piperidine rings is 1. The van der Waals surface area contributed by atoms with Crippen molar-refractivity contribution in [1.82, 2.24) is 9.80 Å². The minimum Gasteiger partial charge on any atom is -0.305 e. The molecule has 0 aliphatic carbocycles. The highest BCUT2D eigenvalue weighted by Gasteiger charge is 2.20. The first-order valence-corrected chi connectivity index (χ1v) is 5.56. The van der Waals surface area contributed by atoms with Crippen LogP contribution in [0.4, 0.5) is 0 Å². The largest absolute Gasteiger partial charge is 0.305 e. The van der Waals surface area contributed by atoms with Gasteiger partial charge in [-0.1, -0.05) is 0 Å². The van der Waals surface area contributed by atoms with Gasteiger partial charge in [0.15, 0.2) is 0 Å². The van der Waals surface area contributed by atoms with Gasteiger partial charge in [-0.15, -0.1) is 12.3 Å². The molecule has 1 fully saturated rings. The zero-order valence-corrected chi connectivity index (χ0v) is 9.50. The molecule has 1 heterocycles.